The molecule has 2 amide bonds. The van der Waals surface area contributed by atoms with Gasteiger partial charge in [0.05, 0.1) is 23.5 Å². The molecule has 3 heterocycles. The van der Waals surface area contributed by atoms with Gasteiger partial charge in [0.15, 0.2) is 0 Å². The van der Waals surface area contributed by atoms with E-state index < -0.39 is 0 Å². The predicted molar refractivity (Wildman–Crippen MR) is 150 cm³/mol. The number of hydrogen-bond donors (Lipinski definition) is 1. The maximum atomic E-state index is 13.5. The number of imidazole rings is 1. The number of carbonyl (C=O) groups excluding carboxylic acids is 2. The van der Waals surface area contributed by atoms with E-state index in [2.05, 4.69) is 20.9 Å². The van der Waals surface area contributed by atoms with Gasteiger partial charge >= 0.3 is 0 Å². The van der Waals surface area contributed by atoms with Crippen LogP contribution in [-0.2, 0) is 16.1 Å². The molecule has 6 rings (SSSR count). The van der Waals surface area contributed by atoms with Gasteiger partial charge in [0.2, 0.25) is 17.8 Å². The summed E-state index contributed by atoms with van der Waals surface area (Å²) in [6.07, 6.45) is 2.14. The lowest BCUT2D eigenvalue weighted by Gasteiger charge is -2.33. The van der Waals surface area contributed by atoms with E-state index in [1.165, 1.54) is 12.1 Å². The number of piperidine rings is 1. The average Bonchev–Trinajstić information content (AvgIpc) is 3.54. The molecule has 200 valence electrons. The number of nitrogens with zero attached hydrogens (tertiary/aromatic N) is 4. The summed E-state index contributed by atoms with van der Waals surface area (Å²) >= 11 is 0. The van der Waals surface area contributed by atoms with Crippen LogP contribution in [0.3, 0.4) is 0 Å². The number of benzene rings is 3. The minimum atomic E-state index is -0.316. The van der Waals surface area contributed by atoms with Crippen LogP contribution in [0.2, 0.25) is 0 Å². The summed E-state index contributed by atoms with van der Waals surface area (Å²) in [5, 5.41) is 3.12. The standard InChI is InChI=1S/C31H32FN5O2/c32-25-12-10-23(11-13-25)20-37-28-9-5-4-8-27(28)34-31(37)35-16-14-22(15-17-35)19-33-30(39)24-18-29(38)36(21-24)26-6-2-1-3-7-26/h1-13,22,24H,14-21H2,(H,33,39). The smallest absolute Gasteiger partial charge is 0.227 e. The number of anilines is 2. The number of amides is 2. The highest BCUT2D eigenvalue weighted by molar-refractivity contribution is 6.00. The highest BCUT2D eigenvalue weighted by Gasteiger charge is 2.35. The second-order valence-electron chi connectivity index (χ2n) is 10.5. The van der Waals surface area contributed by atoms with Crippen LogP contribution >= 0.6 is 0 Å². The van der Waals surface area contributed by atoms with E-state index in [1.807, 2.05) is 60.7 Å². The Morgan fingerprint density at radius 1 is 0.949 bits per heavy atom. The van der Waals surface area contributed by atoms with Crippen LogP contribution in [0, 0.1) is 17.7 Å². The molecule has 0 spiro atoms. The molecule has 2 aliphatic rings. The second-order valence-corrected chi connectivity index (χ2v) is 10.5. The molecule has 0 aliphatic carbocycles. The van der Waals surface area contributed by atoms with Gasteiger partial charge in [-0.25, -0.2) is 9.37 Å². The Bertz CT molecular complexity index is 1460. The van der Waals surface area contributed by atoms with Crippen molar-refractivity contribution < 1.29 is 14.0 Å². The molecule has 2 fully saturated rings. The summed E-state index contributed by atoms with van der Waals surface area (Å²) in [5.41, 5.74) is 3.87. The highest BCUT2D eigenvalue weighted by Crippen LogP contribution is 2.29. The third-order valence-electron chi connectivity index (χ3n) is 7.91. The maximum Gasteiger partial charge on any atom is 0.227 e. The van der Waals surface area contributed by atoms with Gasteiger partial charge in [-0.2, -0.15) is 0 Å². The number of para-hydroxylation sites is 3. The van der Waals surface area contributed by atoms with Gasteiger partial charge in [0.25, 0.3) is 0 Å². The van der Waals surface area contributed by atoms with Crippen LogP contribution in [0.5, 0.6) is 0 Å². The first kappa shape index (κ1) is 25.1. The molecule has 3 aromatic carbocycles. The Kier molecular flexibility index (Phi) is 7.00. The van der Waals surface area contributed by atoms with Crippen molar-refractivity contribution in [3.8, 4) is 0 Å². The molecule has 0 radical (unpaired) electrons. The van der Waals surface area contributed by atoms with Crippen molar-refractivity contribution in [2.45, 2.75) is 25.8 Å². The molecular weight excluding hydrogens is 493 g/mol. The summed E-state index contributed by atoms with van der Waals surface area (Å²) in [4.78, 5) is 34.4. The fourth-order valence-electron chi connectivity index (χ4n) is 5.70. The van der Waals surface area contributed by atoms with Crippen LogP contribution in [0.4, 0.5) is 16.0 Å². The number of nitrogens with one attached hydrogen (secondary N) is 1. The predicted octanol–water partition coefficient (Wildman–Crippen LogP) is 4.61. The fourth-order valence-corrected chi connectivity index (χ4v) is 5.70. The maximum absolute atomic E-state index is 13.5. The van der Waals surface area contributed by atoms with Gasteiger partial charge in [-0.3, -0.25) is 9.59 Å². The van der Waals surface area contributed by atoms with E-state index in [1.54, 1.807) is 4.90 Å². The Balaban J connectivity index is 1.06. The largest absolute Gasteiger partial charge is 0.356 e. The number of hydrogen-bond acceptors (Lipinski definition) is 4. The quantitative estimate of drug-likeness (QED) is 0.383. The first-order valence-corrected chi connectivity index (χ1v) is 13.6. The minimum Gasteiger partial charge on any atom is -0.356 e. The molecule has 1 aromatic heterocycles. The Labute approximate surface area is 227 Å². The Morgan fingerprint density at radius 3 is 2.44 bits per heavy atom. The molecule has 7 nitrogen and oxygen atoms in total. The van der Waals surface area contributed by atoms with Crippen LogP contribution in [0.15, 0.2) is 78.9 Å². The fraction of sp³-hybridized carbons (Fsp3) is 0.323. The molecule has 2 aliphatic heterocycles. The van der Waals surface area contributed by atoms with Crippen molar-refractivity contribution >= 4 is 34.5 Å². The van der Waals surface area contributed by atoms with E-state index in [0.717, 1.165) is 54.2 Å². The van der Waals surface area contributed by atoms with Gasteiger partial charge in [0.1, 0.15) is 5.82 Å². The van der Waals surface area contributed by atoms with Crippen LogP contribution in [-0.4, -0.2) is 47.5 Å². The molecule has 0 bridgehead atoms. The van der Waals surface area contributed by atoms with E-state index in [9.17, 15) is 14.0 Å². The minimum absolute atomic E-state index is 0.00168. The zero-order valence-electron chi connectivity index (χ0n) is 21.8. The van der Waals surface area contributed by atoms with Crippen molar-refractivity contribution in [3.63, 3.8) is 0 Å². The first-order chi connectivity index (χ1) is 19.0. The number of aromatic nitrogens is 2. The molecule has 39 heavy (non-hydrogen) atoms. The van der Waals surface area contributed by atoms with Crippen molar-refractivity contribution in [1.29, 1.82) is 0 Å². The molecule has 2 saturated heterocycles. The molecule has 1 unspecified atom stereocenters. The number of fused-ring (bicyclic) bond motifs is 1. The zero-order chi connectivity index (χ0) is 26.8. The third-order valence-corrected chi connectivity index (χ3v) is 7.91. The summed E-state index contributed by atoms with van der Waals surface area (Å²) in [6.45, 7) is 3.35. The number of carbonyl (C=O) groups is 2. The topological polar surface area (TPSA) is 70.5 Å². The normalized spacial score (nSPS) is 18.2. The van der Waals surface area contributed by atoms with Crippen LogP contribution in [0.25, 0.3) is 11.0 Å². The molecule has 8 heteroatoms. The number of rotatable bonds is 7. The van der Waals surface area contributed by atoms with E-state index in [0.29, 0.717) is 25.6 Å². The summed E-state index contributed by atoms with van der Waals surface area (Å²) in [6, 6.07) is 24.3. The van der Waals surface area contributed by atoms with Crippen molar-refractivity contribution in [2.75, 3.05) is 36.0 Å². The van der Waals surface area contributed by atoms with Gasteiger partial charge < -0.3 is 19.7 Å². The Morgan fingerprint density at radius 2 is 1.67 bits per heavy atom. The SMILES string of the molecule is O=C(NCC1CCN(c2nc3ccccc3n2Cc2ccc(F)cc2)CC1)C1CC(=O)N(c2ccccc2)C1. The van der Waals surface area contributed by atoms with Gasteiger partial charge in [-0.15, -0.1) is 0 Å². The lowest BCUT2D eigenvalue weighted by molar-refractivity contribution is -0.126. The summed E-state index contributed by atoms with van der Waals surface area (Å²) < 4.78 is 15.7. The lowest BCUT2D eigenvalue weighted by Crippen LogP contribution is -2.41. The van der Waals surface area contributed by atoms with Crippen molar-refractivity contribution in [1.82, 2.24) is 14.9 Å². The zero-order valence-corrected chi connectivity index (χ0v) is 21.8. The van der Waals surface area contributed by atoms with Gasteiger partial charge in [0, 0.05) is 38.3 Å². The van der Waals surface area contributed by atoms with Crippen molar-refractivity contribution in [2.24, 2.45) is 11.8 Å². The molecule has 4 aromatic rings. The van der Waals surface area contributed by atoms with Crippen molar-refractivity contribution in [3.05, 3.63) is 90.2 Å². The molecule has 1 N–H and O–H groups in total. The Hall–Kier alpha value is -4.20. The van der Waals surface area contributed by atoms with E-state index >= 15 is 0 Å². The summed E-state index contributed by atoms with van der Waals surface area (Å²) in [7, 11) is 0. The third kappa shape index (κ3) is 5.37. The van der Waals surface area contributed by atoms with Crippen LogP contribution < -0.4 is 15.1 Å². The van der Waals surface area contributed by atoms with E-state index in [-0.39, 0.29) is 30.0 Å². The second kappa shape index (κ2) is 10.9. The van der Waals surface area contributed by atoms with Crippen LogP contribution in [0.1, 0.15) is 24.8 Å². The van der Waals surface area contributed by atoms with Gasteiger partial charge in [-0.1, -0.05) is 42.5 Å². The molecular formula is C31H32FN5O2. The summed E-state index contributed by atoms with van der Waals surface area (Å²) in [5.74, 6) is 0.709. The monoisotopic (exact) mass is 525 g/mol. The number of halogens is 1. The molecule has 0 saturated carbocycles. The molecule has 1 atom stereocenters. The first-order valence-electron chi connectivity index (χ1n) is 13.6. The average molecular weight is 526 g/mol. The lowest BCUT2D eigenvalue weighted by atomic mass is 9.96. The van der Waals surface area contributed by atoms with Gasteiger partial charge in [-0.05, 0) is 60.7 Å². The highest BCUT2D eigenvalue weighted by atomic mass is 19.1. The van der Waals surface area contributed by atoms with E-state index in [4.69, 9.17) is 4.98 Å².